The fraction of sp³-hybridized carbons (Fsp3) is 0.310. The first-order valence-electron chi connectivity index (χ1n) is 12.6. The molecule has 0 heterocycles. The minimum Gasteiger partial charge on any atom is -0.354 e. The molecule has 0 aliphatic carbocycles. The Bertz CT molecular complexity index is 1420. The summed E-state index contributed by atoms with van der Waals surface area (Å²) in [5.41, 5.74) is 1.67. The topological polar surface area (TPSA) is 86.8 Å². The highest BCUT2D eigenvalue weighted by Crippen LogP contribution is 2.26. The van der Waals surface area contributed by atoms with Crippen molar-refractivity contribution in [1.82, 2.24) is 10.2 Å². The van der Waals surface area contributed by atoms with E-state index in [1.165, 1.54) is 17.0 Å². The number of hydrogen-bond donors (Lipinski definition) is 1. The molecule has 3 aromatic carbocycles. The van der Waals surface area contributed by atoms with E-state index in [-0.39, 0.29) is 30.5 Å². The number of sulfonamides is 1. The van der Waals surface area contributed by atoms with Gasteiger partial charge in [-0.1, -0.05) is 85.0 Å². The Morgan fingerprint density at radius 1 is 0.900 bits per heavy atom. The molecule has 0 fully saturated rings. The summed E-state index contributed by atoms with van der Waals surface area (Å²) in [6.07, 6.45) is 1.23. The Hall–Kier alpha value is -2.78. The Labute approximate surface area is 251 Å². The highest BCUT2D eigenvalue weighted by Gasteiger charge is 2.33. The average Bonchev–Trinajstić information content (AvgIpc) is 2.89. The van der Waals surface area contributed by atoms with Gasteiger partial charge in [-0.3, -0.25) is 13.9 Å². The van der Waals surface area contributed by atoms with E-state index in [2.05, 4.69) is 5.32 Å². The van der Waals surface area contributed by atoms with Crippen molar-refractivity contribution in [3.8, 4) is 0 Å². The Balaban J connectivity index is 2.06. The van der Waals surface area contributed by atoms with Crippen molar-refractivity contribution in [2.75, 3.05) is 23.7 Å². The lowest BCUT2D eigenvalue weighted by molar-refractivity contribution is -0.140. The van der Waals surface area contributed by atoms with Crippen LogP contribution < -0.4 is 9.62 Å². The van der Waals surface area contributed by atoms with Gasteiger partial charge >= 0.3 is 0 Å². The zero-order valence-electron chi connectivity index (χ0n) is 22.5. The van der Waals surface area contributed by atoms with Gasteiger partial charge in [0, 0.05) is 34.6 Å². The molecule has 0 radical (unpaired) electrons. The maximum atomic E-state index is 14.0. The molecule has 7 nitrogen and oxygen atoms in total. The lowest BCUT2D eigenvalue weighted by Crippen LogP contribution is -2.53. The number of anilines is 1. The first kappa shape index (κ1) is 31.7. The number of benzene rings is 3. The van der Waals surface area contributed by atoms with Crippen LogP contribution in [-0.4, -0.2) is 50.5 Å². The van der Waals surface area contributed by atoms with Gasteiger partial charge < -0.3 is 10.2 Å². The second-order valence-electron chi connectivity index (χ2n) is 9.85. The van der Waals surface area contributed by atoms with Gasteiger partial charge in [0.15, 0.2) is 0 Å². The van der Waals surface area contributed by atoms with Gasteiger partial charge in [0.05, 0.1) is 11.9 Å². The first-order chi connectivity index (χ1) is 18.8. The molecule has 0 aliphatic heterocycles. The van der Waals surface area contributed by atoms with E-state index < -0.39 is 28.5 Å². The molecule has 3 aromatic rings. The van der Waals surface area contributed by atoms with E-state index in [1.54, 1.807) is 30.3 Å². The summed E-state index contributed by atoms with van der Waals surface area (Å²) >= 11 is 18.6. The number of amides is 2. The highest BCUT2D eigenvalue weighted by molar-refractivity contribution is 7.92. The summed E-state index contributed by atoms with van der Waals surface area (Å²) in [4.78, 5) is 29.0. The normalized spacial score (nSPS) is 12.2. The van der Waals surface area contributed by atoms with Crippen LogP contribution in [-0.2, 0) is 32.6 Å². The van der Waals surface area contributed by atoms with Crippen LogP contribution in [0.3, 0.4) is 0 Å². The highest BCUT2D eigenvalue weighted by atomic mass is 35.5. The maximum Gasteiger partial charge on any atom is 0.244 e. The fourth-order valence-electron chi connectivity index (χ4n) is 4.03. The van der Waals surface area contributed by atoms with Gasteiger partial charge in [0.25, 0.3) is 0 Å². The van der Waals surface area contributed by atoms with Crippen LogP contribution in [0.2, 0.25) is 15.1 Å². The molecule has 1 atom stereocenters. The molecule has 0 saturated carbocycles. The lowest BCUT2D eigenvalue weighted by atomic mass is 10.0. The molecule has 0 aliphatic rings. The Morgan fingerprint density at radius 2 is 1.52 bits per heavy atom. The summed E-state index contributed by atoms with van der Waals surface area (Å²) < 4.78 is 26.6. The van der Waals surface area contributed by atoms with Crippen molar-refractivity contribution in [2.45, 2.75) is 32.9 Å². The second-order valence-corrected chi connectivity index (χ2v) is 13.0. The number of carbonyl (C=O) groups excluding carboxylic acids is 2. The summed E-state index contributed by atoms with van der Waals surface area (Å²) in [6, 6.07) is 19.4. The predicted octanol–water partition coefficient (Wildman–Crippen LogP) is 5.83. The zero-order chi connectivity index (χ0) is 29.4. The van der Waals surface area contributed by atoms with Gasteiger partial charge in [-0.25, -0.2) is 8.42 Å². The van der Waals surface area contributed by atoms with Crippen molar-refractivity contribution < 1.29 is 18.0 Å². The minimum atomic E-state index is -3.87. The molecule has 0 saturated heterocycles. The average molecular weight is 625 g/mol. The monoisotopic (exact) mass is 623 g/mol. The van der Waals surface area contributed by atoms with Gasteiger partial charge in [-0.2, -0.15) is 0 Å². The zero-order valence-corrected chi connectivity index (χ0v) is 25.6. The Kier molecular flexibility index (Phi) is 11.3. The number of nitrogens with one attached hydrogen (secondary N) is 1. The van der Waals surface area contributed by atoms with Crippen molar-refractivity contribution in [3.63, 3.8) is 0 Å². The van der Waals surface area contributed by atoms with Crippen LogP contribution >= 0.6 is 34.8 Å². The van der Waals surface area contributed by atoms with E-state index in [4.69, 9.17) is 34.8 Å². The predicted molar refractivity (Wildman–Crippen MR) is 162 cm³/mol. The third-order valence-corrected chi connectivity index (χ3v) is 8.08. The smallest absolute Gasteiger partial charge is 0.244 e. The summed E-state index contributed by atoms with van der Waals surface area (Å²) in [5, 5.41) is 4.11. The Morgan fingerprint density at radius 3 is 2.10 bits per heavy atom. The van der Waals surface area contributed by atoms with E-state index in [1.807, 2.05) is 44.2 Å². The molecule has 214 valence electrons. The molecular weight excluding hydrogens is 593 g/mol. The van der Waals surface area contributed by atoms with Crippen molar-refractivity contribution in [1.29, 1.82) is 0 Å². The summed E-state index contributed by atoms with van der Waals surface area (Å²) in [7, 11) is -3.87. The molecule has 1 N–H and O–H groups in total. The molecule has 40 heavy (non-hydrogen) atoms. The van der Waals surface area contributed by atoms with Gasteiger partial charge in [-0.15, -0.1) is 0 Å². The molecule has 3 rings (SSSR count). The largest absolute Gasteiger partial charge is 0.354 e. The van der Waals surface area contributed by atoms with E-state index in [9.17, 15) is 18.0 Å². The molecule has 11 heteroatoms. The molecule has 0 bridgehead atoms. The molecule has 2 amide bonds. The van der Waals surface area contributed by atoms with Gasteiger partial charge in [0.1, 0.15) is 12.6 Å². The van der Waals surface area contributed by atoms with Gasteiger partial charge in [0.2, 0.25) is 21.8 Å². The second kappa shape index (κ2) is 14.2. The summed E-state index contributed by atoms with van der Waals surface area (Å²) in [6.45, 7) is 3.78. The van der Waals surface area contributed by atoms with E-state index in [0.717, 1.165) is 16.1 Å². The van der Waals surface area contributed by atoms with Crippen molar-refractivity contribution in [2.24, 2.45) is 5.92 Å². The molecule has 0 spiro atoms. The van der Waals surface area contributed by atoms with Crippen LogP contribution in [0.25, 0.3) is 0 Å². The van der Waals surface area contributed by atoms with Crippen LogP contribution in [0, 0.1) is 5.92 Å². The molecular formula is C29H32Cl3N3O4S. The van der Waals surface area contributed by atoms with Crippen LogP contribution in [0.4, 0.5) is 5.69 Å². The number of rotatable bonds is 12. The van der Waals surface area contributed by atoms with E-state index in [0.29, 0.717) is 27.2 Å². The SMILES string of the molecule is CC(C)CNC(=O)[C@H](Cc1ccccc1)N(Cc1ccc(Cl)cc1Cl)C(=O)CN(c1ccc(Cl)cc1)S(C)(=O)=O. The number of carbonyl (C=O) groups is 2. The first-order valence-corrected chi connectivity index (χ1v) is 15.6. The minimum absolute atomic E-state index is 0.0420. The quantitative estimate of drug-likeness (QED) is 0.275. The molecule has 0 unspecified atom stereocenters. The number of nitrogens with zero attached hydrogens (tertiary/aromatic N) is 2. The van der Waals surface area contributed by atoms with Crippen LogP contribution in [0.5, 0.6) is 0 Å². The number of hydrogen-bond acceptors (Lipinski definition) is 4. The van der Waals surface area contributed by atoms with E-state index >= 15 is 0 Å². The third kappa shape index (κ3) is 9.13. The van der Waals surface area contributed by atoms with Crippen LogP contribution in [0.15, 0.2) is 72.8 Å². The summed E-state index contributed by atoms with van der Waals surface area (Å²) in [5.74, 6) is -0.748. The van der Waals surface area contributed by atoms with Gasteiger partial charge in [-0.05, 0) is 53.4 Å². The van der Waals surface area contributed by atoms with Crippen molar-refractivity contribution >= 4 is 62.3 Å². The standard InChI is InChI=1S/C29H32Cl3N3O4S/c1-20(2)17-33-29(37)27(15-21-7-5-4-6-8-21)34(18-22-9-10-24(31)16-26(22)32)28(36)19-35(40(3,38)39)25-13-11-23(30)12-14-25/h4-14,16,20,27H,15,17-19H2,1-3H3,(H,33,37)/t27-/m0/s1. The lowest BCUT2D eigenvalue weighted by Gasteiger charge is -2.34. The van der Waals surface area contributed by atoms with Crippen molar-refractivity contribution in [3.05, 3.63) is 99.0 Å². The molecule has 0 aromatic heterocycles. The fourth-order valence-corrected chi connectivity index (χ4v) is 5.47. The maximum absolute atomic E-state index is 14.0. The number of halogens is 3. The third-order valence-electron chi connectivity index (χ3n) is 6.11. The van der Waals surface area contributed by atoms with Crippen LogP contribution in [0.1, 0.15) is 25.0 Å².